The summed E-state index contributed by atoms with van der Waals surface area (Å²) >= 11 is 0. The first-order chi connectivity index (χ1) is 14.2. The molecule has 0 spiro atoms. The van der Waals surface area contributed by atoms with E-state index in [2.05, 4.69) is 6.07 Å². The van der Waals surface area contributed by atoms with Crippen LogP contribution < -0.4 is 10.9 Å². The molecule has 0 atom stereocenters. The van der Waals surface area contributed by atoms with Crippen molar-refractivity contribution in [3.05, 3.63) is 36.4 Å². The molecule has 2 aromatic carbocycles. The first-order valence-corrected chi connectivity index (χ1v) is 10.8. The van der Waals surface area contributed by atoms with Crippen molar-refractivity contribution in [3.8, 4) is 0 Å². The van der Waals surface area contributed by atoms with Crippen molar-refractivity contribution in [2.24, 2.45) is 0 Å². The third kappa shape index (κ3) is 3.93. The molecule has 1 radical (unpaired) electrons. The Morgan fingerprint density at radius 1 is 0.871 bits per heavy atom. The third-order valence-corrected chi connectivity index (χ3v) is 7.01. The Labute approximate surface area is 185 Å². The summed E-state index contributed by atoms with van der Waals surface area (Å²) in [6, 6.07) is 12.0. The standard InChI is InChI=1S/C24H31B2O5/c1-21(2,27)22(3,4)29-25-15-9-11-17-18-12-10-16(14-20(18)28-19(17)13-15)26-30-23(5,6)24(7,8)31-26/h9-14,27H,1-8H3. The first kappa shape index (κ1) is 22.4. The molecule has 3 aromatic rings. The lowest BCUT2D eigenvalue weighted by molar-refractivity contribution is -0.0893. The van der Waals surface area contributed by atoms with Crippen molar-refractivity contribution in [1.82, 2.24) is 0 Å². The van der Waals surface area contributed by atoms with E-state index in [0.29, 0.717) is 0 Å². The minimum atomic E-state index is -0.975. The maximum Gasteiger partial charge on any atom is 0.494 e. The van der Waals surface area contributed by atoms with Crippen LogP contribution in [0.3, 0.4) is 0 Å². The summed E-state index contributed by atoms with van der Waals surface area (Å²) in [4.78, 5) is 0. The van der Waals surface area contributed by atoms with Gasteiger partial charge >= 0.3 is 14.6 Å². The molecule has 2 heterocycles. The van der Waals surface area contributed by atoms with Crippen LogP contribution in [-0.2, 0) is 14.0 Å². The van der Waals surface area contributed by atoms with Gasteiger partial charge in [0, 0.05) is 10.8 Å². The predicted octanol–water partition coefficient (Wildman–Crippen LogP) is 3.70. The molecular weight excluding hydrogens is 390 g/mol. The number of furan rings is 1. The SMILES string of the molecule is CC(C)(O)C(C)(C)O[B]c1ccc2c(c1)oc1cc(B3OC(C)(C)C(C)(C)O3)ccc12. The van der Waals surface area contributed by atoms with Crippen LogP contribution in [0.4, 0.5) is 0 Å². The highest BCUT2D eigenvalue weighted by Crippen LogP contribution is 2.37. The van der Waals surface area contributed by atoms with Crippen LogP contribution in [0.25, 0.3) is 21.9 Å². The molecule has 1 aliphatic rings. The van der Waals surface area contributed by atoms with E-state index in [4.69, 9.17) is 18.4 Å². The molecule has 1 N–H and O–H groups in total. The average molecular weight is 421 g/mol. The summed E-state index contributed by atoms with van der Waals surface area (Å²) in [6.45, 7) is 15.4. The zero-order valence-corrected chi connectivity index (χ0v) is 19.7. The van der Waals surface area contributed by atoms with E-state index in [1.54, 1.807) is 21.3 Å². The summed E-state index contributed by atoms with van der Waals surface area (Å²) in [5.41, 5.74) is 0.897. The van der Waals surface area contributed by atoms with Crippen LogP contribution in [0, 0.1) is 0 Å². The zero-order chi connectivity index (χ0) is 22.8. The molecule has 4 rings (SSSR count). The summed E-state index contributed by atoms with van der Waals surface area (Å²) in [7, 11) is 1.24. The van der Waals surface area contributed by atoms with Crippen LogP contribution in [0.2, 0.25) is 0 Å². The van der Waals surface area contributed by atoms with E-state index < -0.39 is 18.3 Å². The third-order valence-electron chi connectivity index (χ3n) is 7.01. The van der Waals surface area contributed by atoms with E-state index in [1.165, 1.54) is 0 Å². The second-order valence-electron chi connectivity index (χ2n) is 10.5. The highest BCUT2D eigenvalue weighted by molar-refractivity contribution is 6.62. The van der Waals surface area contributed by atoms with Crippen LogP contribution in [0.5, 0.6) is 0 Å². The van der Waals surface area contributed by atoms with Crippen LogP contribution in [0.15, 0.2) is 40.8 Å². The second kappa shape index (κ2) is 7.11. The van der Waals surface area contributed by atoms with Crippen molar-refractivity contribution in [1.29, 1.82) is 0 Å². The molecule has 7 heteroatoms. The largest absolute Gasteiger partial charge is 0.494 e. The van der Waals surface area contributed by atoms with E-state index in [9.17, 15) is 5.11 Å². The highest BCUT2D eigenvalue weighted by atomic mass is 16.7. The lowest BCUT2D eigenvalue weighted by Crippen LogP contribution is -2.49. The number of aliphatic hydroxyl groups is 1. The fourth-order valence-corrected chi connectivity index (χ4v) is 3.37. The second-order valence-corrected chi connectivity index (χ2v) is 10.5. The molecule has 0 amide bonds. The fraction of sp³-hybridized carbons (Fsp3) is 0.500. The highest BCUT2D eigenvalue weighted by Gasteiger charge is 2.51. The molecular formula is C24H31B2O5. The monoisotopic (exact) mass is 421 g/mol. The van der Waals surface area contributed by atoms with Crippen LogP contribution >= 0.6 is 0 Å². The molecule has 31 heavy (non-hydrogen) atoms. The molecule has 163 valence electrons. The molecule has 1 aromatic heterocycles. The quantitative estimate of drug-likeness (QED) is 0.637. The maximum atomic E-state index is 10.3. The van der Waals surface area contributed by atoms with Crippen molar-refractivity contribution in [2.75, 3.05) is 0 Å². The van der Waals surface area contributed by atoms with Crippen LogP contribution in [-0.4, -0.2) is 42.1 Å². The average Bonchev–Trinajstić information content (AvgIpc) is 3.11. The minimum Gasteiger partial charge on any atom is -0.456 e. The van der Waals surface area contributed by atoms with Gasteiger partial charge in [-0.1, -0.05) is 24.3 Å². The summed E-state index contributed by atoms with van der Waals surface area (Å²) < 4.78 is 24.4. The van der Waals surface area contributed by atoms with Crippen molar-refractivity contribution >= 4 is 47.5 Å². The summed E-state index contributed by atoms with van der Waals surface area (Å²) in [5, 5.41) is 12.4. The van der Waals surface area contributed by atoms with Gasteiger partial charge in [0.15, 0.2) is 0 Å². The Balaban J connectivity index is 1.61. The Morgan fingerprint density at radius 3 is 2.00 bits per heavy atom. The molecule has 0 bridgehead atoms. The van der Waals surface area contributed by atoms with E-state index in [0.717, 1.165) is 32.9 Å². The van der Waals surface area contributed by atoms with Gasteiger partial charge in [0.25, 0.3) is 0 Å². The normalized spacial score (nSPS) is 18.8. The van der Waals surface area contributed by atoms with Gasteiger partial charge in [-0.25, -0.2) is 0 Å². The molecule has 1 fully saturated rings. The van der Waals surface area contributed by atoms with Gasteiger partial charge < -0.3 is 23.5 Å². The Bertz CT molecular complexity index is 1110. The minimum absolute atomic E-state index is 0.387. The van der Waals surface area contributed by atoms with Gasteiger partial charge in [-0.2, -0.15) is 0 Å². The number of hydrogen-bond donors (Lipinski definition) is 1. The summed E-state index contributed by atoms with van der Waals surface area (Å²) in [5.74, 6) is 0. The van der Waals surface area contributed by atoms with Gasteiger partial charge in [0.2, 0.25) is 0 Å². The Kier molecular flexibility index (Phi) is 5.14. The Morgan fingerprint density at radius 2 is 1.42 bits per heavy atom. The van der Waals surface area contributed by atoms with Gasteiger partial charge in [-0.05, 0) is 78.4 Å². The van der Waals surface area contributed by atoms with Crippen molar-refractivity contribution in [3.63, 3.8) is 0 Å². The van der Waals surface area contributed by atoms with Crippen LogP contribution in [0.1, 0.15) is 55.4 Å². The Hall–Kier alpha value is -1.79. The number of benzene rings is 2. The molecule has 1 saturated heterocycles. The maximum absolute atomic E-state index is 10.3. The first-order valence-electron chi connectivity index (χ1n) is 10.8. The fourth-order valence-electron chi connectivity index (χ4n) is 3.37. The number of rotatable bonds is 5. The molecule has 0 saturated carbocycles. The lowest BCUT2D eigenvalue weighted by Gasteiger charge is -2.37. The molecule has 0 aliphatic carbocycles. The number of hydrogen-bond acceptors (Lipinski definition) is 5. The topological polar surface area (TPSA) is 61.1 Å². The zero-order valence-electron chi connectivity index (χ0n) is 19.7. The van der Waals surface area contributed by atoms with Gasteiger partial charge in [-0.3, -0.25) is 0 Å². The number of fused-ring (bicyclic) bond motifs is 3. The molecule has 0 unspecified atom stereocenters. The summed E-state index contributed by atoms with van der Waals surface area (Å²) in [6.07, 6.45) is 0. The lowest BCUT2D eigenvalue weighted by atomic mass is 9.79. The van der Waals surface area contributed by atoms with Crippen molar-refractivity contribution < 1.29 is 23.5 Å². The molecule has 5 nitrogen and oxygen atoms in total. The smallest absolute Gasteiger partial charge is 0.456 e. The van der Waals surface area contributed by atoms with E-state index in [1.807, 2.05) is 71.9 Å². The van der Waals surface area contributed by atoms with E-state index >= 15 is 0 Å². The van der Waals surface area contributed by atoms with Gasteiger partial charge in [0.1, 0.15) is 11.2 Å². The van der Waals surface area contributed by atoms with Gasteiger partial charge in [-0.15, -0.1) is 0 Å². The van der Waals surface area contributed by atoms with Crippen molar-refractivity contribution in [2.45, 2.75) is 77.8 Å². The predicted molar refractivity (Wildman–Crippen MR) is 126 cm³/mol. The van der Waals surface area contributed by atoms with Gasteiger partial charge in [0.05, 0.1) is 22.4 Å². The molecule has 1 aliphatic heterocycles. The van der Waals surface area contributed by atoms with E-state index in [-0.39, 0.29) is 11.2 Å².